The predicted molar refractivity (Wildman–Crippen MR) is 98.5 cm³/mol. The summed E-state index contributed by atoms with van der Waals surface area (Å²) in [6.07, 6.45) is 0. The Morgan fingerprint density at radius 3 is 2.28 bits per heavy atom. The number of hydrogen-bond acceptors (Lipinski definition) is 6. The van der Waals surface area contributed by atoms with E-state index in [-0.39, 0.29) is 39.2 Å². The molecule has 150 valence electrons. The Labute approximate surface area is 175 Å². The largest absolute Gasteiger partial charge is 0.478 e. The van der Waals surface area contributed by atoms with Crippen LogP contribution in [0.5, 0.6) is 0 Å². The molecule has 1 heterocycles. The number of carboxylic acids is 1. The number of aromatic nitrogens is 2. The third kappa shape index (κ3) is 4.69. The van der Waals surface area contributed by atoms with Gasteiger partial charge in [0.05, 0.1) is 21.8 Å². The van der Waals surface area contributed by atoms with Crippen molar-refractivity contribution in [3.63, 3.8) is 0 Å². The van der Waals surface area contributed by atoms with E-state index in [1.54, 1.807) is 19.1 Å². The van der Waals surface area contributed by atoms with Crippen LogP contribution in [-0.4, -0.2) is 33.8 Å². The summed E-state index contributed by atoms with van der Waals surface area (Å²) in [4.78, 5) is 23.5. The van der Waals surface area contributed by atoms with Crippen LogP contribution in [0.15, 0.2) is 68.4 Å². The van der Waals surface area contributed by atoms with Gasteiger partial charge >= 0.3 is 5.97 Å². The molecule has 0 saturated heterocycles. The molecule has 0 aliphatic carbocycles. The molecule has 10 nitrogen and oxygen atoms in total. The molecule has 0 bridgehead atoms. The molecule has 3 aromatic rings. The number of aromatic carboxylic acids is 1. The normalized spacial score (nSPS) is 11.4. The molecule has 0 fully saturated rings. The summed E-state index contributed by atoms with van der Waals surface area (Å²) >= 11 is 0. The molecule has 0 amide bonds. The number of benzene rings is 2. The van der Waals surface area contributed by atoms with Crippen molar-refractivity contribution in [2.75, 3.05) is 0 Å². The van der Waals surface area contributed by atoms with Gasteiger partial charge in [-0.25, -0.2) is 9.48 Å². The van der Waals surface area contributed by atoms with Gasteiger partial charge in [-0.1, -0.05) is 12.1 Å². The fourth-order valence-corrected chi connectivity index (χ4v) is 2.93. The standard InChI is InChI=1S/C17H14N4O6S.Cr/c1-10-15(19-18-14-5-3-2-4-13(14)17(23)24)16(22)21(20-10)11-6-8-12(9-7-11)28(25,26)27;/h2-9,20H,1H3,(H,23,24)(H,25,26,27);. The Balaban J connectivity index is 0.00000300. The van der Waals surface area contributed by atoms with Crippen LogP contribution in [0.1, 0.15) is 16.1 Å². The van der Waals surface area contributed by atoms with Gasteiger partial charge in [0.15, 0.2) is 5.69 Å². The van der Waals surface area contributed by atoms with E-state index in [2.05, 4.69) is 15.3 Å². The van der Waals surface area contributed by atoms with E-state index >= 15 is 0 Å². The summed E-state index contributed by atoms with van der Waals surface area (Å²) in [6.45, 7) is 1.59. The summed E-state index contributed by atoms with van der Waals surface area (Å²) in [7, 11) is -4.34. The zero-order valence-corrected chi connectivity index (χ0v) is 16.9. The second-order valence-electron chi connectivity index (χ2n) is 5.72. The van der Waals surface area contributed by atoms with Crippen LogP contribution in [0.3, 0.4) is 0 Å². The van der Waals surface area contributed by atoms with Gasteiger partial charge in [-0.15, -0.1) is 10.2 Å². The van der Waals surface area contributed by atoms with Gasteiger partial charge in [0.1, 0.15) is 5.69 Å². The monoisotopic (exact) mass is 454 g/mol. The number of H-pyrrole nitrogens is 1. The quantitative estimate of drug-likeness (QED) is 0.398. The average Bonchev–Trinajstić information content (AvgIpc) is 2.93. The predicted octanol–water partition coefficient (Wildman–Crippen LogP) is 2.83. The van der Waals surface area contributed by atoms with Gasteiger partial charge in [-0.2, -0.15) is 8.42 Å². The minimum absolute atomic E-state index is 0. The number of nitrogens with one attached hydrogen (secondary N) is 1. The first-order valence-corrected chi connectivity index (χ1v) is 9.26. The maximum atomic E-state index is 12.6. The minimum atomic E-state index is -4.34. The molecule has 1 aromatic heterocycles. The first-order chi connectivity index (χ1) is 13.2. The number of nitrogens with zero attached hydrogens (tertiary/aromatic N) is 3. The van der Waals surface area contributed by atoms with Crippen LogP contribution in [0.25, 0.3) is 5.69 Å². The SMILES string of the molecule is Cc1[nH]n(-c2ccc(S(=O)(=O)O)cc2)c(=O)c1N=Nc1ccccc1C(=O)O.[Cr]. The molecule has 0 spiro atoms. The first kappa shape index (κ1) is 22.3. The number of carboxylic acid groups (broad SMARTS) is 1. The zero-order valence-electron chi connectivity index (χ0n) is 14.8. The van der Waals surface area contributed by atoms with Crippen molar-refractivity contribution in [1.29, 1.82) is 0 Å². The molecule has 3 rings (SSSR count). The first-order valence-electron chi connectivity index (χ1n) is 7.82. The zero-order chi connectivity index (χ0) is 20.5. The van der Waals surface area contributed by atoms with Gasteiger partial charge in [-0.3, -0.25) is 14.4 Å². The Kier molecular flexibility index (Phi) is 6.56. The summed E-state index contributed by atoms with van der Waals surface area (Å²) in [6, 6.07) is 10.9. The maximum absolute atomic E-state index is 12.6. The molecular weight excluding hydrogens is 440 g/mol. The van der Waals surface area contributed by atoms with Crippen molar-refractivity contribution in [1.82, 2.24) is 9.78 Å². The summed E-state index contributed by atoms with van der Waals surface area (Å²) in [5.41, 5.74) is 0.139. The molecule has 3 N–H and O–H groups in total. The van der Waals surface area contributed by atoms with E-state index in [1.807, 2.05) is 0 Å². The Morgan fingerprint density at radius 2 is 1.69 bits per heavy atom. The number of azo groups is 1. The third-order valence-corrected chi connectivity index (χ3v) is 4.69. The molecule has 12 heteroatoms. The molecule has 2 aromatic carbocycles. The van der Waals surface area contributed by atoms with Crippen LogP contribution >= 0.6 is 0 Å². The Morgan fingerprint density at radius 1 is 1.07 bits per heavy atom. The van der Waals surface area contributed by atoms with E-state index in [1.165, 1.54) is 24.3 Å². The number of carbonyl (C=O) groups is 1. The smallest absolute Gasteiger partial charge is 0.337 e. The van der Waals surface area contributed by atoms with E-state index in [4.69, 9.17) is 4.55 Å². The number of hydrogen-bond donors (Lipinski definition) is 3. The molecule has 0 aliphatic heterocycles. The van der Waals surface area contributed by atoms with Gasteiger partial charge < -0.3 is 5.11 Å². The second kappa shape index (κ2) is 8.54. The van der Waals surface area contributed by atoms with E-state index in [9.17, 15) is 23.1 Å². The van der Waals surface area contributed by atoms with E-state index in [0.29, 0.717) is 11.4 Å². The minimum Gasteiger partial charge on any atom is -0.478 e. The topological polar surface area (TPSA) is 154 Å². The summed E-state index contributed by atoms with van der Waals surface area (Å²) < 4.78 is 32.4. The Bertz CT molecular complexity index is 1250. The van der Waals surface area contributed by atoms with Crippen molar-refractivity contribution < 1.29 is 40.2 Å². The molecule has 29 heavy (non-hydrogen) atoms. The maximum Gasteiger partial charge on any atom is 0.337 e. The molecule has 0 atom stereocenters. The van der Waals surface area contributed by atoms with Crippen LogP contribution in [0.4, 0.5) is 11.4 Å². The second-order valence-corrected chi connectivity index (χ2v) is 7.14. The molecule has 0 unspecified atom stereocenters. The van der Waals surface area contributed by atoms with Gasteiger partial charge in [0.2, 0.25) is 0 Å². The fraction of sp³-hybridized carbons (Fsp3) is 0.0588. The number of rotatable bonds is 5. The van der Waals surface area contributed by atoms with Crippen molar-refractivity contribution in [3.05, 3.63) is 70.1 Å². The van der Waals surface area contributed by atoms with E-state index < -0.39 is 21.6 Å². The van der Waals surface area contributed by atoms with Crippen molar-refractivity contribution in [2.45, 2.75) is 11.8 Å². The van der Waals surface area contributed by atoms with Crippen molar-refractivity contribution >= 4 is 27.5 Å². The molecular formula is C17H14CrN4O6S. The van der Waals surface area contributed by atoms with Crippen molar-refractivity contribution in [2.24, 2.45) is 10.2 Å². The number of aromatic amines is 1. The van der Waals surface area contributed by atoms with Gasteiger partial charge in [-0.05, 0) is 43.3 Å². The summed E-state index contributed by atoms with van der Waals surface area (Å²) in [5, 5.41) is 19.7. The molecule has 0 saturated carbocycles. The van der Waals surface area contributed by atoms with E-state index in [0.717, 1.165) is 16.8 Å². The third-order valence-electron chi connectivity index (χ3n) is 3.83. The van der Waals surface area contributed by atoms with Gasteiger partial charge in [0, 0.05) is 17.4 Å². The Hall–Kier alpha value is -3.04. The van der Waals surface area contributed by atoms with Crippen LogP contribution in [0, 0.1) is 6.92 Å². The van der Waals surface area contributed by atoms with Crippen LogP contribution in [-0.2, 0) is 27.5 Å². The average molecular weight is 454 g/mol. The fourth-order valence-electron chi connectivity index (χ4n) is 2.45. The number of aryl methyl sites for hydroxylation is 1. The van der Waals surface area contributed by atoms with Crippen LogP contribution in [0.2, 0.25) is 0 Å². The molecule has 0 radical (unpaired) electrons. The summed E-state index contributed by atoms with van der Waals surface area (Å²) in [5.74, 6) is -1.17. The van der Waals surface area contributed by atoms with Gasteiger partial charge in [0.25, 0.3) is 15.7 Å². The van der Waals surface area contributed by atoms with Crippen molar-refractivity contribution in [3.8, 4) is 5.69 Å². The molecule has 0 aliphatic rings. The van der Waals surface area contributed by atoms with Crippen LogP contribution < -0.4 is 5.56 Å².